The number of benzene rings is 1. The van der Waals surface area contributed by atoms with Gasteiger partial charge in [0.2, 0.25) is 0 Å². The fourth-order valence-electron chi connectivity index (χ4n) is 1.72. The van der Waals surface area contributed by atoms with E-state index >= 15 is 0 Å². The summed E-state index contributed by atoms with van der Waals surface area (Å²) in [6.45, 7) is 2.18. The Hall–Kier alpha value is -2.59. The number of Topliss-reactive ketones (excluding diaryl/α,β-unsaturated/α-hetero) is 1. The minimum atomic E-state index is -0.542. The molecule has 1 aromatic rings. The molecule has 0 atom stereocenters. The van der Waals surface area contributed by atoms with E-state index in [1.807, 2.05) is 6.07 Å². The summed E-state index contributed by atoms with van der Waals surface area (Å²) in [5, 5.41) is 15.2. The number of thioether (sulfide) groups is 1. The first-order valence-corrected chi connectivity index (χ1v) is 7.55. The van der Waals surface area contributed by atoms with Gasteiger partial charge < -0.3 is 10.6 Å². The van der Waals surface area contributed by atoms with Crippen LogP contribution in [0.3, 0.4) is 0 Å². The Balaban J connectivity index is 2.06. The molecule has 0 unspecified atom stereocenters. The number of carbonyl (C=O) groups is 2. The average Bonchev–Trinajstić information content (AvgIpc) is 3.01. The smallest absolute Gasteiger partial charge is 0.267 e. The van der Waals surface area contributed by atoms with E-state index in [2.05, 4.69) is 15.6 Å². The summed E-state index contributed by atoms with van der Waals surface area (Å²) in [6, 6.07) is 8.40. The van der Waals surface area contributed by atoms with Crippen molar-refractivity contribution in [2.45, 2.75) is 6.92 Å². The Kier molecular flexibility index (Phi) is 5.33. The summed E-state index contributed by atoms with van der Waals surface area (Å²) in [5.74, 6) is 0.256. The van der Waals surface area contributed by atoms with E-state index in [-0.39, 0.29) is 11.4 Å². The van der Waals surface area contributed by atoms with E-state index in [1.165, 1.54) is 24.9 Å². The second-order valence-electron chi connectivity index (χ2n) is 4.44. The van der Waals surface area contributed by atoms with Crippen molar-refractivity contribution in [3.8, 4) is 6.07 Å². The van der Waals surface area contributed by atoms with Crippen molar-refractivity contribution in [3.05, 3.63) is 41.6 Å². The standard InChI is InChI=1S/C15H14N4O2S/c1-10(20)11-3-2-4-13(7-11)19-14(21)12(8-16)9-18-15-17-5-6-22-15/h2-4,7,9H,5-6H2,1H3,(H,17,18)(H,19,21)/b12-9-. The first-order chi connectivity index (χ1) is 10.6. The van der Waals surface area contributed by atoms with Gasteiger partial charge in [-0.05, 0) is 19.1 Å². The molecule has 22 heavy (non-hydrogen) atoms. The lowest BCUT2D eigenvalue weighted by Crippen LogP contribution is -2.18. The first-order valence-electron chi connectivity index (χ1n) is 6.56. The van der Waals surface area contributed by atoms with Crippen LogP contribution in [0.4, 0.5) is 5.69 Å². The van der Waals surface area contributed by atoms with Crippen molar-refractivity contribution in [2.24, 2.45) is 4.99 Å². The van der Waals surface area contributed by atoms with Gasteiger partial charge in [0.15, 0.2) is 11.0 Å². The van der Waals surface area contributed by atoms with Crippen LogP contribution in [-0.4, -0.2) is 29.2 Å². The number of amides is 1. The van der Waals surface area contributed by atoms with E-state index < -0.39 is 5.91 Å². The molecule has 1 aliphatic rings. The summed E-state index contributed by atoms with van der Waals surface area (Å²) in [6.07, 6.45) is 1.33. The number of nitriles is 1. The minimum Gasteiger partial charge on any atom is -0.340 e. The zero-order valence-electron chi connectivity index (χ0n) is 11.9. The molecule has 0 saturated carbocycles. The fraction of sp³-hybridized carbons (Fsp3) is 0.200. The van der Waals surface area contributed by atoms with Gasteiger partial charge in [-0.1, -0.05) is 23.9 Å². The molecule has 2 N–H and O–H groups in total. The van der Waals surface area contributed by atoms with Crippen LogP contribution in [0.25, 0.3) is 0 Å². The topological polar surface area (TPSA) is 94.4 Å². The van der Waals surface area contributed by atoms with Crippen LogP contribution in [0.2, 0.25) is 0 Å². The molecular formula is C15H14N4O2S. The predicted octanol–water partition coefficient (Wildman–Crippen LogP) is 1.93. The van der Waals surface area contributed by atoms with Crippen molar-refractivity contribution in [3.63, 3.8) is 0 Å². The lowest BCUT2D eigenvalue weighted by Gasteiger charge is -2.06. The molecule has 0 spiro atoms. The van der Waals surface area contributed by atoms with Crippen molar-refractivity contribution < 1.29 is 9.59 Å². The highest BCUT2D eigenvalue weighted by atomic mass is 32.2. The van der Waals surface area contributed by atoms with E-state index in [1.54, 1.807) is 24.3 Å². The van der Waals surface area contributed by atoms with Crippen LogP contribution in [0, 0.1) is 11.3 Å². The normalized spacial score (nSPS) is 14.0. The number of nitrogens with one attached hydrogen (secondary N) is 2. The second kappa shape index (κ2) is 7.43. The van der Waals surface area contributed by atoms with Gasteiger partial charge in [-0.25, -0.2) is 0 Å². The van der Waals surface area contributed by atoms with Crippen molar-refractivity contribution in [1.29, 1.82) is 5.26 Å². The van der Waals surface area contributed by atoms with E-state index in [9.17, 15) is 9.59 Å². The molecular weight excluding hydrogens is 300 g/mol. The van der Waals surface area contributed by atoms with Crippen molar-refractivity contribution in [1.82, 2.24) is 5.32 Å². The summed E-state index contributed by atoms with van der Waals surface area (Å²) < 4.78 is 0. The van der Waals surface area contributed by atoms with Crippen LogP contribution in [0.15, 0.2) is 41.0 Å². The van der Waals surface area contributed by atoms with Gasteiger partial charge in [-0.15, -0.1) is 0 Å². The van der Waals surface area contributed by atoms with E-state index in [0.29, 0.717) is 16.4 Å². The van der Waals surface area contributed by atoms with Crippen LogP contribution in [-0.2, 0) is 4.79 Å². The molecule has 1 heterocycles. The minimum absolute atomic E-state index is 0.0663. The van der Waals surface area contributed by atoms with Crippen LogP contribution in [0.5, 0.6) is 0 Å². The zero-order valence-corrected chi connectivity index (χ0v) is 12.7. The maximum absolute atomic E-state index is 12.1. The van der Waals surface area contributed by atoms with E-state index in [0.717, 1.165) is 12.3 Å². The van der Waals surface area contributed by atoms with Gasteiger partial charge in [-0.3, -0.25) is 14.6 Å². The Morgan fingerprint density at radius 1 is 1.45 bits per heavy atom. The van der Waals surface area contributed by atoms with Crippen molar-refractivity contribution >= 4 is 34.3 Å². The molecule has 0 bridgehead atoms. The number of aliphatic imine (C=N–C) groups is 1. The fourth-order valence-corrected chi connectivity index (χ4v) is 2.42. The Morgan fingerprint density at radius 2 is 2.27 bits per heavy atom. The summed E-state index contributed by atoms with van der Waals surface area (Å²) in [7, 11) is 0. The number of amidine groups is 1. The summed E-state index contributed by atoms with van der Waals surface area (Å²) >= 11 is 1.53. The SMILES string of the molecule is CC(=O)c1cccc(NC(=O)/C(C#N)=C\NC2=NCCS2)c1. The van der Waals surface area contributed by atoms with Crippen LogP contribution < -0.4 is 10.6 Å². The lowest BCUT2D eigenvalue weighted by atomic mass is 10.1. The molecule has 1 amide bonds. The second-order valence-corrected chi connectivity index (χ2v) is 5.52. The highest BCUT2D eigenvalue weighted by Gasteiger charge is 2.11. The van der Waals surface area contributed by atoms with Gasteiger partial charge in [-0.2, -0.15) is 5.26 Å². The third kappa shape index (κ3) is 4.20. The number of nitrogens with zero attached hydrogens (tertiary/aromatic N) is 2. The zero-order chi connectivity index (χ0) is 15.9. The van der Waals surface area contributed by atoms with Gasteiger partial charge in [0.25, 0.3) is 5.91 Å². The number of carbonyl (C=O) groups excluding carboxylic acids is 2. The van der Waals surface area contributed by atoms with Gasteiger partial charge in [0.1, 0.15) is 11.6 Å². The number of ketones is 1. The first kappa shape index (κ1) is 15.8. The van der Waals surface area contributed by atoms with E-state index in [4.69, 9.17) is 5.26 Å². The Bertz CT molecular complexity index is 704. The van der Waals surface area contributed by atoms with Gasteiger partial charge >= 0.3 is 0 Å². The average molecular weight is 314 g/mol. The van der Waals surface area contributed by atoms with Crippen molar-refractivity contribution in [2.75, 3.05) is 17.6 Å². The number of rotatable bonds is 4. The molecule has 6 nitrogen and oxygen atoms in total. The Morgan fingerprint density at radius 3 is 2.91 bits per heavy atom. The lowest BCUT2D eigenvalue weighted by molar-refractivity contribution is -0.112. The third-order valence-electron chi connectivity index (χ3n) is 2.82. The molecule has 0 saturated heterocycles. The number of hydrogen-bond donors (Lipinski definition) is 2. The highest BCUT2D eigenvalue weighted by molar-refractivity contribution is 8.14. The molecule has 1 aromatic carbocycles. The molecule has 0 aromatic heterocycles. The number of hydrogen-bond acceptors (Lipinski definition) is 6. The molecule has 112 valence electrons. The maximum atomic E-state index is 12.1. The molecule has 0 fully saturated rings. The van der Waals surface area contributed by atoms with Gasteiger partial charge in [0, 0.05) is 23.2 Å². The number of anilines is 1. The monoisotopic (exact) mass is 314 g/mol. The highest BCUT2D eigenvalue weighted by Crippen LogP contribution is 2.13. The predicted molar refractivity (Wildman–Crippen MR) is 86.7 cm³/mol. The molecule has 2 rings (SSSR count). The quantitative estimate of drug-likeness (QED) is 0.503. The van der Waals surface area contributed by atoms with Crippen LogP contribution >= 0.6 is 11.8 Å². The summed E-state index contributed by atoms with van der Waals surface area (Å²) in [4.78, 5) is 27.5. The molecule has 0 aliphatic carbocycles. The molecule has 0 radical (unpaired) electrons. The molecule has 1 aliphatic heterocycles. The summed E-state index contributed by atoms with van der Waals surface area (Å²) in [5.41, 5.74) is 0.894. The molecule has 7 heteroatoms. The largest absolute Gasteiger partial charge is 0.340 e. The Labute approximate surface area is 132 Å². The van der Waals surface area contributed by atoms with Crippen LogP contribution in [0.1, 0.15) is 17.3 Å². The third-order valence-corrected chi connectivity index (χ3v) is 3.72. The van der Waals surface area contributed by atoms with Gasteiger partial charge in [0.05, 0.1) is 6.54 Å². The maximum Gasteiger partial charge on any atom is 0.267 e.